The molecule has 2 aromatic rings. The van der Waals surface area contributed by atoms with Crippen molar-refractivity contribution in [1.82, 2.24) is 4.57 Å². The minimum absolute atomic E-state index is 0.0690. The molecule has 0 spiro atoms. The van der Waals surface area contributed by atoms with Crippen LogP contribution in [0.4, 0.5) is 11.4 Å². The van der Waals surface area contributed by atoms with Gasteiger partial charge >= 0.3 is 0 Å². The summed E-state index contributed by atoms with van der Waals surface area (Å²) in [5.74, 6) is 0.424. The lowest BCUT2D eigenvalue weighted by Crippen LogP contribution is -2.31. The fourth-order valence-corrected chi connectivity index (χ4v) is 3.37. The highest BCUT2D eigenvalue weighted by molar-refractivity contribution is 7.92. The molecule has 7 nitrogen and oxygen atoms in total. The molecule has 0 saturated heterocycles. The lowest BCUT2D eigenvalue weighted by atomic mass is 10.1. The summed E-state index contributed by atoms with van der Waals surface area (Å²) in [4.78, 5) is 14.5. The van der Waals surface area contributed by atoms with Crippen LogP contribution in [0, 0.1) is 0 Å². The average molecular weight is 379 g/mol. The smallest absolute Gasteiger partial charge is 0.273 e. The zero-order valence-corrected chi connectivity index (χ0v) is 16.6. The maximum absolute atomic E-state index is 12.5. The first-order valence-corrected chi connectivity index (χ1v) is 10.2. The van der Waals surface area contributed by atoms with Crippen LogP contribution in [0.1, 0.15) is 13.8 Å². The molecule has 0 atom stereocenters. The second-order valence-corrected chi connectivity index (χ2v) is 7.74. The standard InChI is InChI=1S/C18H25N3O4S/c1-6-21(7-2)16-11-14(12-20(3)18(16)22)13-8-9-17(25-4)15(10-13)19-26(5,23)24/h8-12,19H,6-7H2,1-5H3. The minimum atomic E-state index is -3.45. The van der Waals surface area contributed by atoms with Crippen molar-refractivity contribution in [3.63, 3.8) is 0 Å². The van der Waals surface area contributed by atoms with Gasteiger partial charge in [0.1, 0.15) is 11.4 Å². The molecule has 0 bridgehead atoms. The SMILES string of the molecule is CCN(CC)c1cc(-c2ccc(OC)c(NS(C)(=O)=O)c2)cn(C)c1=O. The van der Waals surface area contributed by atoms with Gasteiger partial charge in [0.15, 0.2) is 0 Å². The molecule has 1 heterocycles. The summed E-state index contributed by atoms with van der Waals surface area (Å²) < 4.78 is 32.5. The van der Waals surface area contributed by atoms with Crippen LogP contribution in [-0.4, -0.2) is 39.4 Å². The maximum atomic E-state index is 12.5. The van der Waals surface area contributed by atoms with Crippen LogP contribution < -0.4 is 19.9 Å². The Morgan fingerprint density at radius 1 is 1.15 bits per heavy atom. The van der Waals surface area contributed by atoms with Gasteiger partial charge < -0.3 is 14.2 Å². The molecule has 26 heavy (non-hydrogen) atoms. The summed E-state index contributed by atoms with van der Waals surface area (Å²) in [6.07, 6.45) is 2.82. The van der Waals surface area contributed by atoms with Gasteiger partial charge in [-0.15, -0.1) is 0 Å². The first kappa shape index (κ1) is 19.8. The van der Waals surface area contributed by atoms with E-state index in [9.17, 15) is 13.2 Å². The normalized spacial score (nSPS) is 11.3. The molecule has 1 N–H and O–H groups in total. The number of nitrogens with zero attached hydrogens (tertiary/aromatic N) is 2. The van der Waals surface area contributed by atoms with Crippen molar-refractivity contribution in [3.05, 3.63) is 40.8 Å². The highest BCUT2D eigenvalue weighted by atomic mass is 32.2. The van der Waals surface area contributed by atoms with Crippen molar-refractivity contribution in [3.8, 4) is 16.9 Å². The third-order valence-electron chi connectivity index (χ3n) is 4.10. The van der Waals surface area contributed by atoms with Gasteiger partial charge in [-0.2, -0.15) is 0 Å². The molecular weight excluding hydrogens is 354 g/mol. The Balaban J connectivity index is 2.61. The number of ether oxygens (including phenoxy) is 1. The van der Waals surface area contributed by atoms with Crippen LogP contribution in [0.2, 0.25) is 0 Å². The number of hydrogen-bond donors (Lipinski definition) is 1. The van der Waals surface area contributed by atoms with E-state index < -0.39 is 10.0 Å². The Hall–Kier alpha value is -2.48. The first-order valence-electron chi connectivity index (χ1n) is 8.32. The van der Waals surface area contributed by atoms with E-state index in [0.29, 0.717) is 17.1 Å². The van der Waals surface area contributed by atoms with Crippen molar-refractivity contribution in [2.24, 2.45) is 7.05 Å². The van der Waals surface area contributed by atoms with Crippen LogP contribution >= 0.6 is 0 Å². The average Bonchev–Trinajstić information content (AvgIpc) is 2.58. The van der Waals surface area contributed by atoms with Gasteiger partial charge in [-0.05, 0) is 37.6 Å². The number of benzene rings is 1. The Labute approximate surface area is 154 Å². The van der Waals surface area contributed by atoms with Gasteiger partial charge in [0.2, 0.25) is 10.0 Å². The van der Waals surface area contributed by atoms with Crippen molar-refractivity contribution in [2.45, 2.75) is 13.8 Å². The number of aromatic nitrogens is 1. The maximum Gasteiger partial charge on any atom is 0.273 e. The molecule has 1 aromatic carbocycles. The minimum Gasteiger partial charge on any atom is -0.495 e. The van der Waals surface area contributed by atoms with E-state index in [4.69, 9.17) is 4.74 Å². The molecular formula is C18H25N3O4S. The molecule has 0 radical (unpaired) electrons. The van der Waals surface area contributed by atoms with Gasteiger partial charge in [0, 0.05) is 31.9 Å². The van der Waals surface area contributed by atoms with Crippen LogP contribution in [0.15, 0.2) is 35.3 Å². The number of hydrogen-bond acceptors (Lipinski definition) is 5. The quantitative estimate of drug-likeness (QED) is 0.798. The van der Waals surface area contributed by atoms with Crippen LogP contribution in [0.25, 0.3) is 11.1 Å². The highest BCUT2D eigenvalue weighted by Crippen LogP contribution is 2.31. The zero-order valence-electron chi connectivity index (χ0n) is 15.7. The van der Waals surface area contributed by atoms with Gasteiger partial charge in [0.25, 0.3) is 5.56 Å². The third-order valence-corrected chi connectivity index (χ3v) is 4.69. The number of pyridine rings is 1. The molecule has 2 rings (SSSR count). The van der Waals surface area contributed by atoms with Crippen molar-refractivity contribution >= 4 is 21.4 Å². The van der Waals surface area contributed by atoms with E-state index in [1.807, 2.05) is 30.9 Å². The predicted molar refractivity (Wildman–Crippen MR) is 106 cm³/mol. The number of sulfonamides is 1. The lowest BCUT2D eigenvalue weighted by Gasteiger charge is -2.22. The van der Waals surface area contributed by atoms with Crippen molar-refractivity contribution < 1.29 is 13.2 Å². The Morgan fingerprint density at radius 3 is 2.35 bits per heavy atom. The largest absolute Gasteiger partial charge is 0.495 e. The van der Waals surface area contributed by atoms with Gasteiger partial charge in [-0.3, -0.25) is 9.52 Å². The van der Waals surface area contributed by atoms with E-state index in [0.717, 1.165) is 30.5 Å². The number of rotatable bonds is 7. The monoisotopic (exact) mass is 379 g/mol. The Bertz CT molecular complexity index is 947. The molecule has 0 amide bonds. The molecule has 0 aliphatic heterocycles. The van der Waals surface area contributed by atoms with Gasteiger partial charge in [-0.25, -0.2) is 8.42 Å². The predicted octanol–water partition coefficient (Wildman–Crippen LogP) is 2.28. The number of anilines is 2. The Morgan fingerprint density at radius 2 is 1.81 bits per heavy atom. The van der Waals surface area contributed by atoms with Crippen LogP contribution in [0.3, 0.4) is 0 Å². The molecule has 0 aliphatic rings. The summed E-state index contributed by atoms with van der Waals surface area (Å²) in [6.45, 7) is 5.44. The topological polar surface area (TPSA) is 80.6 Å². The van der Waals surface area contributed by atoms with E-state index in [1.54, 1.807) is 25.4 Å². The highest BCUT2D eigenvalue weighted by Gasteiger charge is 2.14. The molecule has 1 aromatic heterocycles. The summed E-state index contributed by atoms with van der Waals surface area (Å²) in [5, 5.41) is 0. The molecule has 0 fully saturated rings. The number of methoxy groups -OCH3 is 1. The fourth-order valence-electron chi connectivity index (χ4n) is 2.81. The van der Waals surface area contributed by atoms with Gasteiger partial charge in [0.05, 0.1) is 19.1 Å². The van der Waals surface area contributed by atoms with Crippen molar-refractivity contribution in [1.29, 1.82) is 0 Å². The van der Waals surface area contributed by atoms with E-state index >= 15 is 0 Å². The number of nitrogens with one attached hydrogen (secondary N) is 1. The summed E-state index contributed by atoms with van der Waals surface area (Å²) >= 11 is 0. The zero-order chi connectivity index (χ0) is 19.5. The van der Waals surface area contributed by atoms with E-state index in [2.05, 4.69) is 4.72 Å². The van der Waals surface area contributed by atoms with Crippen LogP contribution in [0.5, 0.6) is 5.75 Å². The fraction of sp³-hybridized carbons (Fsp3) is 0.389. The number of aryl methyl sites for hydroxylation is 1. The second-order valence-electron chi connectivity index (χ2n) is 5.99. The molecule has 0 aliphatic carbocycles. The summed E-state index contributed by atoms with van der Waals surface area (Å²) in [6, 6.07) is 7.07. The molecule has 8 heteroatoms. The van der Waals surface area contributed by atoms with E-state index in [-0.39, 0.29) is 5.56 Å². The first-order chi connectivity index (χ1) is 12.2. The molecule has 0 unspecified atom stereocenters. The second kappa shape index (κ2) is 7.82. The lowest BCUT2D eigenvalue weighted by molar-refractivity contribution is 0.417. The Kier molecular flexibility index (Phi) is 5.97. The van der Waals surface area contributed by atoms with Crippen molar-refractivity contribution in [2.75, 3.05) is 36.1 Å². The molecule has 0 saturated carbocycles. The van der Waals surface area contributed by atoms with E-state index in [1.165, 1.54) is 11.7 Å². The van der Waals surface area contributed by atoms with Gasteiger partial charge in [-0.1, -0.05) is 6.07 Å². The summed E-state index contributed by atoms with van der Waals surface area (Å²) in [5.41, 5.74) is 2.49. The van der Waals surface area contributed by atoms with Crippen LogP contribution in [-0.2, 0) is 17.1 Å². The third kappa shape index (κ3) is 4.37. The summed E-state index contributed by atoms with van der Waals surface area (Å²) in [7, 11) is -0.261. The molecule has 142 valence electrons.